The summed E-state index contributed by atoms with van der Waals surface area (Å²) in [5.74, 6) is 0. The molecule has 0 aromatic carbocycles. The van der Waals surface area contributed by atoms with Gasteiger partial charge < -0.3 is 35.8 Å². The Hall–Kier alpha value is -0.280. The topological polar surface area (TPSA) is 150 Å². The zero-order valence-corrected chi connectivity index (χ0v) is 7.96. The lowest BCUT2D eigenvalue weighted by Gasteiger charge is -2.22. The molecule has 0 rings (SSSR count). The van der Waals surface area contributed by atoms with Crippen LogP contribution >= 0.6 is 12.4 Å². The highest BCUT2D eigenvalue weighted by atomic mass is 35.5. The standard InChI is InChI=1S/C6H12O6.ClH.H2O/c7-1-3(9)5(11)6(12)4(10)2-8;;/h1,3-6,8-12H,2H2;1H;1H2/t3-,4+,5+,6+;;/m0../s1. The SMILES string of the molecule is Cl.O.O=C[C@H](O)[C@@H](O)[C@H](O)[C@H](O)CO. The molecular weight excluding hydrogens is 220 g/mol. The summed E-state index contributed by atoms with van der Waals surface area (Å²) in [6.45, 7) is -0.760. The molecule has 14 heavy (non-hydrogen) atoms. The normalized spacial score (nSPS) is 18.1. The van der Waals surface area contributed by atoms with E-state index in [9.17, 15) is 4.79 Å². The van der Waals surface area contributed by atoms with Gasteiger partial charge in [-0.25, -0.2) is 0 Å². The van der Waals surface area contributed by atoms with Crippen molar-refractivity contribution in [3.63, 3.8) is 0 Å². The lowest BCUT2D eigenvalue weighted by molar-refractivity contribution is -0.136. The number of halogens is 1. The molecule has 0 aliphatic heterocycles. The van der Waals surface area contributed by atoms with Gasteiger partial charge in [0, 0.05) is 0 Å². The molecule has 7 N–H and O–H groups in total. The van der Waals surface area contributed by atoms with E-state index in [2.05, 4.69) is 0 Å². The summed E-state index contributed by atoms with van der Waals surface area (Å²) >= 11 is 0. The molecule has 0 bridgehead atoms. The number of rotatable bonds is 5. The fraction of sp³-hybridized carbons (Fsp3) is 0.833. The van der Waals surface area contributed by atoms with Gasteiger partial charge in [-0.15, -0.1) is 12.4 Å². The molecule has 0 aliphatic rings. The Morgan fingerprint density at radius 3 is 1.79 bits per heavy atom. The Labute approximate surface area is 86.3 Å². The highest BCUT2D eigenvalue weighted by Gasteiger charge is 2.29. The van der Waals surface area contributed by atoms with E-state index in [1.165, 1.54) is 0 Å². The molecule has 0 saturated heterocycles. The third-order valence-electron chi connectivity index (χ3n) is 1.42. The summed E-state index contributed by atoms with van der Waals surface area (Å²) < 4.78 is 0. The summed E-state index contributed by atoms with van der Waals surface area (Å²) in [5, 5.41) is 43.5. The van der Waals surface area contributed by atoms with Crippen molar-refractivity contribution >= 4 is 18.7 Å². The summed E-state index contributed by atoms with van der Waals surface area (Å²) in [6, 6.07) is 0. The minimum absolute atomic E-state index is 0. The summed E-state index contributed by atoms with van der Waals surface area (Å²) in [7, 11) is 0. The molecule has 0 fully saturated rings. The molecule has 0 saturated carbocycles. The first-order valence-electron chi connectivity index (χ1n) is 3.33. The molecule has 0 amide bonds. The minimum Gasteiger partial charge on any atom is -0.412 e. The minimum atomic E-state index is -1.79. The molecule has 7 nitrogen and oxygen atoms in total. The first kappa shape index (κ1) is 19.3. The Kier molecular flexibility index (Phi) is 12.8. The quantitative estimate of drug-likeness (QED) is 0.308. The Balaban J connectivity index is -0.000000605. The van der Waals surface area contributed by atoms with Gasteiger partial charge in [0.05, 0.1) is 6.61 Å². The van der Waals surface area contributed by atoms with E-state index in [-0.39, 0.29) is 24.2 Å². The van der Waals surface area contributed by atoms with Crippen LogP contribution in [0.1, 0.15) is 0 Å². The molecule has 88 valence electrons. The van der Waals surface area contributed by atoms with E-state index in [0.29, 0.717) is 0 Å². The van der Waals surface area contributed by atoms with Crippen LogP contribution in [0, 0.1) is 0 Å². The van der Waals surface area contributed by atoms with E-state index in [1.807, 2.05) is 0 Å². The summed E-state index contributed by atoms with van der Waals surface area (Å²) in [6.07, 6.45) is -6.84. The van der Waals surface area contributed by atoms with Gasteiger partial charge in [-0.3, -0.25) is 0 Å². The van der Waals surface area contributed by atoms with E-state index in [1.54, 1.807) is 0 Å². The van der Waals surface area contributed by atoms with Crippen LogP contribution in [0.25, 0.3) is 0 Å². The average molecular weight is 235 g/mol. The van der Waals surface area contributed by atoms with Crippen LogP contribution in [0.3, 0.4) is 0 Å². The Morgan fingerprint density at radius 2 is 1.50 bits per heavy atom. The van der Waals surface area contributed by atoms with E-state index in [4.69, 9.17) is 25.5 Å². The maximum Gasteiger partial charge on any atom is 0.151 e. The van der Waals surface area contributed by atoms with Gasteiger partial charge in [-0.1, -0.05) is 0 Å². The van der Waals surface area contributed by atoms with Crippen molar-refractivity contribution in [2.75, 3.05) is 6.61 Å². The lowest BCUT2D eigenvalue weighted by atomic mass is 10.0. The van der Waals surface area contributed by atoms with Crippen molar-refractivity contribution in [2.24, 2.45) is 0 Å². The monoisotopic (exact) mass is 234 g/mol. The fourth-order valence-electron chi connectivity index (χ4n) is 0.618. The van der Waals surface area contributed by atoms with Crippen molar-refractivity contribution in [3.8, 4) is 0 Å². The number of carbonyl (C=O) groups is 1. The van der Waals surface area contributed by atoms with Crippen LogP contribution in [-0.2, 0) is 4.79 Å². The molecule has 4 atom stereocenters. The van der Waals surface area contributed by atoms with Crippen LogP contribution in [0.4, 0.5) is 0 Å². The van der Waals surface area contributed by atoms with Crippen LogP contribution in [-0.4, -0.2) is 68.3 Å². The number of hydrogen-bond acceptors (Lipinski definition) is 6. The maximum absolute atomic E-state index is 9.90. The molecule has 0 aliphatic carbocycles. The number of aliphatic hydroxyl groups is 5. The Bertz CT molecular complexity index is 144. The van der Waals surface area contributed by atoms with Gasteiger partial charge in [-0.2, -0.15) is 0 Å². The van der Waals surface area contributed by atoms with Gasteiger partial charge >= 0.3 is 0 Å². The van der Waals surface area contributed by atoms with Crippen molar-refractivity contribution in [3.05, 3.63) is 0 Å². The van der Waals surface area contributed by atoms with Gasteiger partial charge in [-0.05, 0) is 0 Å². The second-order valence-electron chi connectivity index (χ2n) is 2.36. The number of carbonyl (C=O) groups excluding carboxylic acids is 1. The zero-order valence-electron chi connectivity index (χ0n) is 7.15. The van der Waals surface area contributed by atoms with Crippen LogP contribution in [0.5, 0.6) is 0 Å². The second-order valence-corrected chi connectivity index (χ2v) is 2.36. The zero-order chi connectivity index (χ0) is 9.72. The van der Waals surface area contributed by atoms with Gasteiger partial charge in [0.1, 0.15) is 24.4 Å². The predicted molar refractivity (Wildman–Crippen MR) is 48.0 cm³/mol. The Morgan fingerprint density at radius 1 is 1.07 bits per heavy atom. The van der Waals surface area contributed by atoms with E-state index < -0.39 is 31.0 Å². The predicted octanol–water partition coefficient (Wildman–Crippen LogP) is -3.78. The third-order valence-corrected chi connectivity index (χ3v) is 1.42. The van der Waals surface area contributed by atoms with E-state index >= 15 is 0 Å². The van der Waals surface area contributed by atoms with Crippen LogP contribution < -0.4 is 0 Å². The van der Waals surface area contributed by atoms with E-state index in [0.717, 1.165) is 0 Å². The van der Waals surface area contributed by atoms with Crippen molar-refractivity contribution in [1.82, 2.24) is 0 Å². The summed E-state index contributed by atoms with van der Waals surface area (Å²) in [4.78, 5) is 9.90. The molecular formula is C6H15ClO7. The third kappa shape index (κ3) is 5.45. The van der Waals surface area contributed by atoms with Crippen molar-refractivity contribution in [2.45, 2.75) is 24.4 Å². The molecule has 0 spiro atoms. The molecule has 0 unspecified atom stereocenters. The highest BCUT2D eigenvalue weighted by Crippen LogP contribution is 2.02. The number of hydrogen-bond donors (Lipinski definition) is 5. The average Bonchev–Trinajstić information content (AvgIpc) is 2.12. The van der Waals surface area contributed by atoms with Crippen molar-refractivity contribution < 1.29 is 35.8 Å². The van der Waals surface area contributed by atoms with Crippen molar-refractivity contribution in [1.29, 1.82) is 0 Å². The first-order valence-corrected chi connectivity index (χ1v) is 3.33. The summed E-state index contributed by atoms with van der Waals surface area (Å²) in [5.41, 5.74) is 0. The fourth-order valence-corrected chi connectivity index (χ4v) is 0.618. The first-order chi connectivity index (χ1) is 5.54. The molecule has 0 heterocycles. The molecule has 0 radical (unpaired) electrons. The largest absolute Gasteiger partial charge is 0.412 e. The van der Waals surface area contributed by atoms with Crippen LogP contribution in [0.2, 0.25) is 0 Å². The highest BCUT2D eigenvalue weighted by molar-refractivity contribution is 5.85. The molecule has 0 aromatic heterocycles. The number of aliphatic hydroxyl groups excluding tert-OH is 5. The van der Waals surface area contributed by atoms with Gasteiger partial charge in [0.2, 0.25) is 0 Å². The lowest BCUT2D eigenvalue weighted by Crippen LogP contribution is -2.46. The smallest absolute Gasteiger partial charge is 0.151 e. The second kappa shape index (κ2) is 9.28. The van der Waals surface area contributed by atoms with Crippen LogP contribution in [0.15, 0.2) is 0 Å². The van der Waals surface area contributed by atoms with Gasteiger partial charge in [0.25, 0.3) is 0 Å². The van der Waals surface area contributed by atoms with Gasteiger partial charge in [0.15, 0.2) is 6.29 Å². The molecule has 0 aromatic rings. The molecule has 8 heteroatoms. The maximum atomic E-state index is 9.90. The number of aldehydes is 1.